The molecule has 0 amide bonds. The molecule has 2 aromatic rings. The van der Waals surface area contributed by atoms with E-state index in [0.29, 0.717) is 0 Å². The molecule has 2 aromatic carbocycles. The molecule has 1 atom stereocenters. The van der Waals surface area contributed by atoms with Gasteiger partial charge in [0.05, 0.1) is 11.3 Å². The van der Waals surface area contributed by atoms with Crippen LogP contribution in [-0.4, -0.2) is 0 Å². The molecule has 0 fully saturated rings. The fourth-order valence-electron chi connectivity index (χ4n) is 3.71. The third-order valence-corrected chi connectivity index (χ3v) is 4.36. The molecule has 3 aliphatic carbocycles. The minimum Gasteiger partial charge on any atom is -0.119 e. The number of allylic oxidation sites excluding steroid dienone is 1. The molecule has 0 aromatic heterocycles. The predicted octanol–water partition coefficient (Wildman–Crippen LogP) is 3.47. The highest BCUT2D eigenvalue weighted by atomic mass is 14.6. The lowest BCUT2D eigenvalue weighted by molar-refractivity contribution is 0.629. The molecule has 5 rings (SSSR count). The van der Waals surface area contributed by atoms with Crippen molar-refractivity contribution in [1.82, 2.24) is 0 Å². The molecule has 0 bridgehead atoms. The van der Waals surface area contributed by atoms with Gasteiger partial charge in [-0.25, -0.2) is 0 Å². The number of benzene rings is 2. The monoisotopic (exact) mass is 213 g/mol. The maximum absolute atomic E-state index is 3.47. The van der Waals surface area contributed by atoms with Crippen molar-refractivity contribution >= 4 is 5.57 Å². The van der Waals surface area contributed by atoms with E-state index in [1.165, 1.54) is 33.7 Å². The van der Waals surface area contributed by atoms with E-state index in [4.69, 9.17) is 0 Å². The van der Waals surface area contributed by atoms with Crippen LogP contribution in [0.5, 0.6) is 0 Å². The van der Waals surface area contributed by atoms with Gasteiger partial charge in [0.2, 0.25) is 0 Å². The molecule has 0 heteroatoms. The van der Waals surface area contributed by atoms with Crippen molar-refractivity contribution in [3.63, 3.8) is 0 Å². The second kappa shape index (κ2) is 2.30. The van der Waals surface area contributed by atoms with Crippen LogP contribution in [0.1, 0.15) is 22.3 Å². The van der Waals surface area contributed by atoms with Crippen molar-refractivity contribution in [2.45, 2.75) is 5.41 Å². The summed E-state index contributed by atoms with van der Waals surface area (Å²) in [7, 11) is 0. The fourth-order valence-corrected chi connectivity index (χ4v) is 3.71. The zero-order valence-corrected chi connectivity index (χ0v) is 9.20. The van der Waals surface area contributed by atoms with Crippen molar-refractivity contribution in [3.8, 4) is 0 Å². The summed E-state index contributed by atoms with van der Waals surface area (Å²) in [5, 5.41) is 0. The van der Waals surface area contributed by atoms with Gasteiger partial charge in [0.1, 0.15) is 0 Å². The van der Waals surface area contributed by atoms with E-state index >= 15 is 0 Å². The molecule has 1 spiro atoms. The first kappa shape index (κ1) is 8.11. The summed E-state index contributed by atoms with van der Waals surface area (Å²) >= 11 is 0. The zero-order chi connectivity index (χ0) is 11.0. The molecule has 17 heavy (non-hydrogen) atoms. The third kappa shape index (κ3) is 0.615. The molecule has 0 saturated carbocycles. The molecule has 0 N–H and O–H groups in total. The van der Waals surface area contributed by atoms with E-state index in [0.717, 1.165) is 0 Å². The van der Waals surface area contributed by atoms with Crippen LogP contribution in [0.25, 0.3) is 5.57 Å². The minimum atomic E-state index is 0.104. The van der Waals surface area contributed by atoms with Crippen LogP contribution in [0.15, 0.2) is 60.3 Å². The second-order valence-electron chi connectivity index (χ2n) is 4.92. The standard InChI is InChI=1S/C17H9/c1-3-7-13-11(5-1)15-9-10-16-12-6-2-4-8-14(12)17(13,15)16/h1-9H. The van der Waals surface area contributed by atoms with E-state index in [-0.39, 0.29) is 5.41 Å². The van der Waals surface area contributed by atoms with E-state index in [2.05, 4.69) is 60.3 Å². The lowest BCUT2D eigenvalue weighted by atomic mass is 9.45. The van der Waals surface area contributed by atoms with E-state index in [9.17, 15) is 0 Å². The van der Waals surface area contributed by atoms with Gasteiger partial charge in [-0.2, -0.15) is 0 Å². The predicted molar refractivity (Wildman–Crippen MR) is 67.5 cm³/mol. The number of fused-ring (bicyclic) bond motifs is 4. The highest BCUT2D eigenvalue weighted by molar-refractivity contribution is 6.02. The van der Waals surface area contributed by atoms with Gasteiger partial charge in [-0.15, -0.1) is 5.73 Å². The Labute approximate surface area is 99.9 Å². The van der Waals surface area contributed by atoms with Crippen molar-refractivity contribution in [3.05, 3.63) is 88.5 Å². The van der Waals surface area contributed by atoms with Gasteiger partial charge >= 0.3 is 0 Å². The van der Waals surface area contributed by atoms with Crippen molar-refractivity contribution in [2.75, 3.05) is 0 Å². The molecule has 0 nitrogen and oxygen atoms in total. The fraction of sp³-hybridized carbons (Fsp3) is 0.0588. The van der Waals surface area contributed by atoms with Gasteiger partial charge < -0.3 is 0 Å². The van der Waals surface area contributed by atoms with Crippen molar-refractivity contribution < 1.29 is 0 Å². The smallest absolute Gasteiger partial charge is 0.0689 e. The van der Waals surface area contributed by atoms with Gasteiger partial charge in [0.25, 0.3) is 0 Å². The summed E-state index contributed by atoms with van der Waals surface area (Å²) in [5.74, 6) is 1.45. The van der Waals surface area contributed by atoms with Crippen LogP contribution < -0.4 is 0 Å². The maximum atomic E-state index is 3.47. The first-order valence-electron chi connectivity index (χ1n) is 5.98. The lowest BCUT2D eigenvalue weighted by Gasteiger charge is -2.55. The van der Waals surface area contributed by atoms with Crippen LogP contribution >= 0.6 is 0 Å². The quantitative estimate of drug-likeness (QED) is 0.588. The Bertz CT molecular complexity index is 744. The van der Waals surface area contributed by atoms with Gasteiger partial charge in [-0.3, -0.25) is 0 Å². The number of rotatable bonds is 0. The largest absolute Gasteiger partial charge is 0.119 e. The highest BCUT2D eigenvalue weighted by Gasteiger charge is 2.63. The lowest BCUT2D eigenvalue weighted by Crippen LogP contribution is -2.49. The summed E-state index contributed by atoms with van der Waals surface area (Å²) in [4.78, 5) is 0. The van der Waals surface area contributed by atoms with E-state index in [1.54, 1.807) is 0 Å². The molecule has 0 aliphatic heterocycles. The second-order valence-corrected chi connectivity index (χ2v) is 4.92. The molecule has 1 unspecified atom stereocenters. The Morgan fingerprint density at radius 2 is 1.41 bits per heavy atom. The molecule has 1 radical (unpaired) electrons. The van der Waals surface area contributed by atoms with Crippen molar-refractivity contribution in [2.24, 2.45) is 0 Å². The van der Waals surface area contributed by atoms with Gasteiger partial charge in [-0.1, -0.05) is 48.5 Å². The Hall–Kier alpha value is -2.04. The van der Waals surface area contributed by atoms with Gasteiger partial charge in [0.15, 0.2) is 0 Å². The zero-order valence-electron chi connectivity index (χ0n) is 9.20. The Balaban J connectivity index is 1.91. The molecule has 3 aliphatic rings. The Morgan fingerprint density at radius 1 is 0.765 bits per heavy atom. The number of hydrogen-bond donors (Lipinski definition) is 0. The topological polar surface area (TPSA) is 0 Å². The Kier molecular flexibility index (Phi) is 1.10. The summed E-state index contributed by atoms with van der Waals surface area (Å²) in [6.07, 6.45) is 2.18. The molecular formula is C17H9. The Morgan fingerprint density at radius 3 is 2.24 bits per heavy atom. The maximum Gasteiger partial charge on any atom is 0.0689 e. The average molecular weight is 213 g/mol. The van der Waals surface area contributed by atoms with Gasteiger partial charge in [0, 0.05) is 5.57 Å². The van der Waals surface area contributed by atoms with Crippen LogP contribution in [0, 0.1) is 5.92 Å². The van der Waals surface area contributed by atoms with Crippen LogP contribution in [-0.2, 0) is 5.41 Å². The summed E-state index contributed by atoms with van der Waals surface area (Å²) in [6, 6.07) is 17.5. The van der Waals surface area contributed by atoms with E-state index in [1.807, 2.05) is 0 Å². The first-order chi connectivity index (χ1) is 8.44. The highest BCUT2D eigenvalue weighted by Crippen LogP contribution is 2.70. The first-order valence-corrected chi connectivity index (χ1v) is 5.98. The molecule has 0 saturated heterocycles. The van der Waals surface area contributed by atoms with Crippen LogP contribution in [0.3, 0.4) is 0 Å². The minimum absolute atomic E-state index is 0.104. The summed E-state index contributed by atoms with van der Waals surface area (Å²) in [5.41, 5.74) is 10.7. The van der Waals surface area contributed by atoms with Crippen LogP contribution in [0.4, 0.5) is 0 Å². The average Bonchev–Trinajstić information content (AvgIpc) is 2.64. The van der Waals surface area contributed by atoms with Gasteiger partial charge in [-0.05, 0) is 28.3 Å². The van der Waals surface area contributed by atoms with Crippen LogP contribution in [0.2, 0.25) is 0 Å². The van der Waals surface area contributed by atoms with Crippen molar-refractivity contribution in [1.29, 1.82) is 0 Å². The molecular weight excluding hydrogens is 204 g/mol. The number of hydrogen-bond acceptors (Lipinski definition) is 0. The molecule has 0 heterocycles. The SMILES string of the molecule is C1=C[C]2c3ccccc3C23C=1c1ccccc13. The molecule has 77 valence electrons. The normalized spacial score (nSPS) is 26.0. The summed E-state index contributed by atoms with van der Waals surface area (Å²) < 4.78 is 0. The third-order valence-electron chi connectivity index (χ3n) is 4.36. The summed E-state index contributed by atoms with van der Waals surface area (Å²) in [6.45, 7) is 0. The van der Waals surface area contributed by atoms with E-state index < -0.39 is 0 Å².